The molecule has 0 aromatic carbocycles. The fourth-order valence-corrected chi connectivity index (χ4v) is 1.99. The van der Waals surface area contributed by atoms with E-state index in [1.807, 2.05) is 6.92 Å². The molecule has 0 unspecified atom stereocenters. The Morgan fingerprint density at radius 3 is 2.21 bits per heavy atom. The molecule has 1 aliphatic rings. The van der Waals surface area contributed by atoms with Gasteiger partial charge in [0.1, 0.15) is 0 Å². The third-order valence-electron chi connectivity index (χ3n) is 3.12. The van der Waals surface area contributed by atoms with E-state index in [-0.39, 0.29) is 18.9 Å². The van der Waals surface area contributed by atoms with Gasteiger partial charge in [-0.25, -0.2) is 0 Å². The van der Waals surface area contributed by atoms with Gasteiger partial charge in [-0.15, -0.1) is 0 Å². The minimum atomic E-state index is -0.887. The zero-order chi connectivity index (χ0) is 14.5. The third kappa shape index (κ3) is 11.7. The van der Waals surface area contributed by atoms with Crippen molar-refractivity contribution in [2.75, 3.05) is 13.2 Å². The lowest BCUT2D eigenvalue weighted by Gasteiger charge is -2.18. The molecule has 0 radical (unpaired) electrons. The van der Waals surface area contributed by atoms with E-state index < -0.39 is 5.97 Å². The summed E-state index contributed by atoms with van der Waals surface area (Å²) >= 11 is 0. The molecule has 1 amide bonds. The molecule has 1 aliphatic carbocycles. The van der Waals surface area contributed by atoms with Crippen LogP contribution in [0.15, 0.2) is 0 Å². The maximum Gasteiger partial charge on any atom is 0.305 e. The Labute approximate surface area is 115 Å². The number of aliphatic carboxylic acids is 1. The number of hydrogen-bond donors (Lipinski definition) is 3. The smallest absolute Gasteiger partial charge is 0.305 e. The molecule has 0 heterocycles. The van der Waals surface area contributed by atoms with Crippen molar-refractivity contribution in [2.24, 2.45) is 5.92 Å². The molecule has 0 saturated heterocycles. The van der Waals surface area contributed by atoms with Crippen LogP contribution in [0.4, 0.5) is 0 Å². The molecule has 3 N–H and O–H groups in total. The summed E-state index contributed by atoms with van der Waals surface area (Å²) in [7, 11) is 0. The quantitative estimate of drug-likeness (QED) is 0.690. The molecular formula is C14H27NO4. The number of amides is 1. The number of aliphatic hydroxyl groups is 1. The lowest BCUT2D eigenvalue weighted by Crippen LogP contribution is -2.25. The summed E-state index contributed by atoms with van der Waals surface area (Å²) in [5.41, 5.74) is 0. The van der Waals surface area contributed by atoms with Crippen LogP contribution >= 0.6 is 0 Å². The Bertz CT molecular complexity index is 250. The lowest BCUT2D eigenvalue weighted by atomic mass is 9.90. The minimum Gasteiger partial charge on any atom is -0.481 e. The standard InChI is InChI=1S/C7H13NO3.C7H14O/c1-2-3-6(9)8-5-4-7(10)11;8-6-7-4-2-1-3-5-7/h2-5H2,1H3,(H,8,9)(H,10,11);7-8H,1-6H2. The molecule has 0 aromatic rings. The van der Waals surface area contributed by atoms with E-state index in [1.54, 1.807) is 0 Å². The van der Waals surface area contributed by atoms with Gasteiger partial charge in [0, 0.05) is 19.6 Å². The number of rotatable bonds is 6. The topological polar surface area (TPSA) is 86.6 Å². The second kappa shape index (κ2) is 12.0. The largest absolute Gasteiger partial charge is 0.481 e. The van der Waals surface area contributed by atoms with Crippen molar-refractivity contribution >= 4 is 11.9 Å². The van der Waals surface area contributed by atoms with Gasteiger partial charge in [0.25, 0.3) is 0 Å². The van der Waals surface area contributed by atoms with Crippen LogP contribution in [0, 0.1) is 5.92 Å². The van der Waals surface area contributed by atoms with Gasteiger partial charge in [-0.1, -0.05) is 26.2 Å². The van der Waals surface area contributed by atoms with Gasteiger partial charge in [-0.3, -0.25) is 9.59 Å². The van der Waals surface area contributed by atoms with Gasteiger partial charge in [0.15, 0.2) is 0 Å². The van der Waals surface area contributed by atoms with Gasteiger partial charge in [-0.2, -0.15) is 0 Å². The minimum absolute atomic E-state index is 0.00451. The average molecular weight is 273 g/mol. The van der Waals surface area contributed by atoms with E-state index in [9.17, 15) is 9.59 Å². The van der Waals surface area contributed by atoms with E-state index >= 15 is 0 Å². The van der Waals surface area contributed by atoms with Gasteiger partial charge >= 0.3 is 5.97 Å². The Morgan fingerprint density at radius 1 is 1.16 bits per heavy atom. The molecule has 1 saturated carbocycles. The molecule has 112 valence electrons. The van der Waals surface area contributed by atoms with Crippen molar-refractivity contribution in [3.8, 4) is 0 Å². The second-order valence-corrected chi connectivity index (χ2v) is 4.93. The summed E-state index contributed by atoms with van der Waals surface area (Å²) in [4.78, 5) is 20.7. The third-order valence-corrected chi connectivity index (χ3v) is 3.12. The molecule has 0 atom stereocenters. The zero-order valence-electron chi connectivity index (χ0n) is 11.9. The highest BCUT2D eigenvalue weighted by Crippen LogP contribution is 2.22. The monoisotopic (exact) mass is 273 g/mol. The first-order valence-corrected chi connectivity index (χ1v) is 7.19. The van der Waals surface area contributed by atoms with Crippen LogP contribution in [-0.4, -0.2) is 35.2 Å². The summed E-state index contributed by atoms with van der Waals surface area (Å²) < 4.78 is 0. The van der Waals surface area contributed by atoms with E-state index in [0.29, 0.717) is 18.9 Å². The van der Waals surface area contributed by atoms with Gasteiger partial charge in [0.2, 0.25) is 5.91 Å². The molecule has 5 nitrogen and oxygen atoms in total. The number of carbonyl (C=O) groups is 2. The van der Waals surface area contributed by atoms with Crippen molar-refractivity contribution in [3.63, 3.8) is 0 Å². The predicted molar refractivity (Wildman–Crippen MR) is 73.8 cm³/mol. The number of aliphatic hydroxyl groups excluding tert-OH is 1. The first-order chi connectivity index (χ1) is 9.10. The Morgan fingerprint density at radius 2 is 1.79 bits per heavy atom. The van der Waals surface area contributed by atoms with Crippen LogP contribution in [0.5, 0.6) is 0 Å². The Kier molecular flexibility index (Phi) is 11.3. The normalized spacial score (nSPS) is 15.3. The summed E-state index contributed by atoms with van der Waals surface area (Å²) in [6, 6.07) is 0. The Hall–Kier alpha value is -1.10. The summed E-state index contributed by atoms with van der Waals surface area (Å²) in [6.07, 6.45) is 7.84. The molecule has 0 aliphatic heterocycles. The SMILES string of the molecule is CCCC(=O)NCCC(=O)O.OCC1CCCCC1. The average Bonchev–Trinajstić information content (AvgIpc) is 2.40. The predicted octanol–water partition coefficient (Wildman–Crippen LogP) is 1.94. The maximum atomic E-state index is 10.7. The number of carboxylic acids is 1. The van der Waals surface area contributed by atoms with Crippen molar-refractivity contribution in [3.05, 3.63) is 0 Å². The molecule has 0 bridgehead atoms. The first-order valence-electron chi connectivity index (χ1n) is 7.19. The van der Waals surface area contributed by atoms with Crippen molar-refractivity contribution in [1.29, 1.82) is 0 Å². The van der Waals surface area contributed by atoms with E-state index in [0.717, 1.165) is 6.42 Å². The second-order valence-electron chi connectivity index (χ2n) is 4.93. The number of nitrogens with one attached hydrogen (secondary N) is 1. The van der Waals surface area contributed by atoms with Gasteiger partial charge < -0.3 is 15.5 Å². The highest BCUT2D eigenvalue weighted by atomic mass is 16.4. The summed E-state index contributed by atoms with van der Waals surface area (Å²) in [6.45, 7) is 2.55. The maximum absolute atomic E-state index is 10.7. The molecule has 19 heavy (non-hydrogen) atoms. The zero-order valence-corrected chi connectivity index (χ0v) is 11.9. The molecule has 1 fully saturated rings. The van der Waals surface area contributed by atoms with Crippen molar-refractivity contribution < 1.29 is 19.8 Å². The van der Waals surface area contributed by atoms with Gasteiger partial charge in [0.05, 0.1) is 6.42 Å². The lowest BCUT2D eigenvalue weighted by molar-refractivity contribution is -0.136. The van der Waals surface area contributed by atoms with E-state index in [2.05, 4.69) is 5.32 Å². The van der Waals surface area contributed by atoms with Crippen molar-refractivity contribution in [2.45, 2.75) is 58.3 Å². The number of carboxylic acid groups (broad SMARTS) is 1. The fraction of sp³-hybridized carbons (Fsp3) is 0.857. The molecule has 1 rings (SSSR count). The van der Waals surface area contributed by atoms with Crippen LogP contribution in [0.2, 0.25) is 0 Å². The Balaban J connectivity index is 0.000000356. The van der Waals surface area contributed by atoms with Crippen LogP contribution in [0.25, 0.3) is 0 Å². The van der Waals surface area contributed by atoms with E-state index in [4.69, 9.17) is 10.2 Å². The number of hydrogen-bond acceptors (Lipinski definition) is 3. The van der Waals surface area contributed by atoms with Crippen LogP contribution in [0.1, 0.15) is 58.3 Å². The molecule has 0 spiro atoms. The summed E-state index contributed by atoms with van der Waals surface area (Å²) in [5, 5.41) is 19.4. The van der Waals surface area contributed by atoms with Crippen LogP contribution in [-0.2, 0) is 9.59 Å². The summed E-state index contributed by atoms with van der Waals surface area (Å²) in [5.74, 6) is -0.320. The highest BCUT2D eigenvalue weighted by Gasteiger charge is 2.10. The van der Waals surface area contributed by atoms with Crippen LogP contribution < -0.4 is 5.32 Å². The molecule has 5 heteroatoms. The van der Waals surface area contributed by atoms with Crippen LogP contribution in [0.3, 0.4) is 0 Å². The highest BCUT2D eigenvalue weighted by molar-refractivity contribution is 5.76. The molecular weight excluding hydrogens is 246 g/mol. The fourth-order valence-electron chi connectivity index (χ4n) is 1.99. The first kappa shape index (κ1) is 17.9. The van der Waals surface area contributed by atoms with E-state index in [1.165, 1.54) is 32.1 Å². The van der Waals surface area contributed by atoms with Gasteiger partial charge in [-0.05, 0) is 25.2 Å². The molecule has 0 aromatic heterocycles. The number of carbonyl (C=O) groups excluding carboxylic acids is 1. The van der Waals surface area contributed by atoms with Crippen molar-refractivity contribution in [1.82, 2.24) is 5.32 Å².